The minimum atomic E-state index is 0.994. The Morgan fingerprint density at radius 3 is 2.33 bits per heavy atom. The largest absolute Gasteiger partial charge is 0.457 e. The summed E-state index contributed by atoms with van der Waals surface area (Å²) in [6.45, 7) is 0. The normalized spacial score (nSPS) is 11.7. The van der Waals surface area contributed by atoms with Crippen LogP contribution >= 0.6 is 0 Å². The van der Waals surface area contributed by atoms with Crippen LogP contribution in [0.25, 0.3) is 0 Å². The molecule has 0 amide bonds. The first-order valence-corrected chi connectivity index (χ1v) is 5.26. The van der Waals surface area contributed by atoms with Crippen LogP contribution < -0.4 is 4.74 Å². The van der Waals surface area contributed by atoms with Gasteiger partial charge in [-0.15, -0.1) is 0 Å². The highest BCUT2D eigenvalue weighted by Gasteiger charge is 2.14. The molecule has 2 heterocycles. The molecule has 0 saturated carbocycles. The van der Waals surface area contributed by atoms with E-state index < -0.39 is 0 Å². The van der Waals surface area contributed by atoms with Crippen LogP contribution in [0.2, 0.25) is 0 Å². The Labute approximate surface area is 89.3 Å². The van der Waals surface area contributed by atoms with Crippen molar-refractivity contribution in [1.29, 1.82) is 0 Å². The molecule has 0 spiro atoms. The molecule has 1 nitrogen and oxygen atoms in total. The lowest BCUT2D eigenvalue weighted by Gasteiger charge is -2.19. The first-order valence-electron chi connectivity index (χ1n) is 5.26. The van der Waals surface area contributed by atoms with Gasteiger partial charge in [0.2, 0.25) is 0 Å². The average Bonchev–Trinajstić information content (AvgIpc) is 2.27. The Morgan fingerprint density at radius 2 is 1.67 bits per heavy atom. The SMILES string of the molecule is c1ccc(CCc2ccc3cc2O3)cc1. The molecule has 4 rings (SSSR count). The zero-order valence-corrected chi connectivity index (χ0v) is 8.44. The van der Waals surface area contributed by atoms with Crippen molar-refractivity contribution in [3.05, 3.63) is 59.7 Å². The van der Waals surface area contributed by atoms with Crippen LogP contribution in [0.15, 0.2) is 48.5 Å². The van der Waals surface area contributed by atoms with Gasteiger partial charge in [0.25, 0.3) is 0 Å². The molecule has 0 N–H and O–H groups in total. The zero-order chi connectivity index (χ0) is 10.1. The molecule has 2 aliphatic rings. The second-order valence-electron chi connectivity index (χ2n) is 3.86. The summed E-state index contributed by atoms with van der Waals surface area (Å²) in [6, 6.07) is 16.9. The Bertz CT molecular complexity index is 470. The summed E-state index contributed by atoms with van der Waals surface area (Å²) in [5, 5.41) is 0. The van der Waals surface area contributed by atoms with Gasteiger partial charge >= 0.3 is 0 Å². The maximum atomic E-state index is 5.43. The molecule has 0 atom stereocenters. The van der Waals surface area contributed by atoms with E-state index in [4.69, 9.17) is 4.74 Å². The van der Waals surface area contributed by atoms with E-state index in [1.807, 2.05) is 6.07 Å². The Morgan fingerprint density at radius 1 is 0.867 bits per heavy atom. The second-order valence-corrected chi connectivity index (χ2v) is 3.86. The topological polar surface area (TPSA) is 9.23 Å². The molecule has 15 heavy (non-hydrogen) atoms. The highest BCUT2D eigenvalue weighted by Crippen LogP contribution is 2.38. The summed E-state index contributed by atoms with van der Waals surface area (Å²) < 4.78 is 5.43. The van der Waals surface area contributed by atoms with Crippen LogP contribution in [-0.4, -0.2) is 0 Å². The smallest absolute Gasteiger partial charge is 0.134 e. The number of rotatable bonds is 3. The van der Waals surface area contributed by atoms with Crippen molar-refractivity contribution in [2.24, 2.45) is 0 Å². The first kappa shape index (κ1) is 8.54. The molecular weight excluding hydrogens is 184 g/mol. The van der Waals surface area contributed by atoms with Gasteiger partial charge in [-0.1, -0.05) is 36.4 Å². The Kier molecular flexibility index (Phi) is 1.95. The lowest BCUT2D eigenvalue weighted by molar-refractivity contribution is 0.431. The third-order valence-corrected chi connectivity index (χ3v) is 2.79. The number of benzene rings is 2. The highest BCUT2D eigenvalue weighted by molar-refractivity contribution is 5.50. The fourth-order valence-corrected chi connectivity index (χ4v) is 1.89. The van der Waals surface area contributed by atoms with Gasteiger partial charge in [0.1, 0.15) is 11.5 Å². The van der Waals surface area contributed by atoms with Gasteiger partial charge in [0.05, 0.1) is 0 Å². The van der Waals surface area contributed by atoms with E-state index in [9.17, 15) is 0 Å². The summed E-state index contributed by atoms with van der Waals surface area (Å²) in [4.78, 5) is 0. The van der Waals surface area contributed by atoms with E-state index in [2.05, 4.69) is 42.5 Å². The standard InChI is InChI=1S/C14H12O/c1-2-4-11(5-3-1)6-7-12-8-9-13-10-14(12)15-13/h1-5,8-10H,6-7H2. The summed E-state index contributed by atoms with van der Waals surface area (Å²) in [5.74, 6) is 2.05. The van der Waals surface area contributed by atoms with Crippen LogP contribution in [0, 0.1) is 0 Å². The molecule has 0 aromatic heterocycles. The lowest BCUT2D eigenvalue weighted by atomic mass is 10.0. The number of hydrogen-bond acceptors (Lipinski definition) is 1. The maximum absolute atomic E-state index is 5.43. The summed E-state index contributed by atoms with van der Waals surface area (Å²) in [5.41, 5.74) is 2.70. The van der Waals surface area contributed by atoms with E-state index in [0.717, 1.165) is 24.3 Å². The zero-order valence-electron chi connectivity index (χ0n) is 8.44. The number of hydrogen-bond donors (Lipinski definition) is 0. The highest BCUT2D eigenvalue weighted by atomic mass is 16.5. The van der Waals surface area contributed by atoms with Crippen molar-refractivity contribution in [2.75, 3.05) is 0 Å². The van der Waals surface area contributed by atoms with E-state index >= 15 is 0 Å². The number of ether oxygens (including phenoxy) is 1. The first-order chi connectivity index (χ1) is 7.42. The van der Waals surface area contributed by atoms with Crippen LogP contribution in [0.4, 0.5) is 0 Å². The minimum Gasteiger partial charge on any atom is -0.457 e. The Balaban J connectivity index is 1.71. The third-order valence-electron chi connectivity index (χ3n) is 2.79. The monoisotopic (exact) mass is 196 g/mol. The lowest BCUT2D eigenvalue weighted by Crippen LogP contribution is -2.01. The molecule has 0 aliphatic carbocycles. The summed E-state index contributed by atoms with van der Waals surface area (Å²) in [7, 11) is 0. The van der Waals surface area contributed by atoms with Crippen LogP contribution in [0.1, 0.15) is 11.1 Å². The quantitative estimate of drug-likeness (QED) is 0.622. The predicted octanol–water partition coefficient (Wildman–Crippen LogP) is 3.58. The van der Waals surface area contributed by atoms with Crippen molar-refractivity contribution in [3.63, 3.8) is 0 Å². The van der Waals surface area contributed by atoms with Gasteiger partial charge in [0, 0.05) is 6.07 Å². The maximum Gasteiger partial charge on any atom is 0.134 e. The average molecular weight is 196 g/mol. The minimum absolute atomic E-state index is 0.994. The van der Waals surface area contributed by atoms with Crippen molar-refractivity contribution < 1.29 is 4.74 Å². The van der Waals surface area contributed by atoms with Gasteiger partial charge in [-0.25, -0.2) is 0 Å². The Hall–Kier alpha value is -1.76. The van der Waals surface area contributed by atoms with Crippen molar-refractivity contribution in [2.45, 2.75) is 12.8 Å². The molecular formula is C14H12O. The molecule has 0 unspecified atom stereocenters. The molecule has 0 saturated heterocycles. The second kappa shape index (κ2) is 3.43. The number of aryl methyl sites for hydroxylation is 2. The van der Waals surface area contributed by atoms with E-state index in [-0.39, 0.29) is 0 Å². The molecule has 0 radical (unpaired) electrons. The van der Waals surface area contributed by atoms with Crippen molar-refractivity contribution in [3.8, 4) is 11.5 Å². The summed E-state index contributed by atoms with van der Waals surface area (Å²) >= 11 is 0. The van der Waals surface area contributed by atoms with Gasteiger partial charge in [0.15, 0.2) is 0 Å². The van der Waals surface area contributed by atoms with E-state index in [1.54, 1.807) is 0 Å². The van der Waals surface area contributed by atoms with Gasteiger partial charge < -0.3 is 4.74 Å². The summed E-state index contributed by atoms with van der Waals surface area (Å²) in [6.07, 6.45) is 2.14. The van der Waals surface area contributed by atoms with E-state index in [0.29, 0.717) is 0 Å². The van der Waals surface area contributed by atoms with Gasteiger partial charge in [-0.3, -0.25) is 0 Å². The van der Waals surface area contributed by atoms with Gasteiger partial charge in [-0.05, 0) is 30.0 Å². The molecule has 2 aromatic rings. The molecule has 0 fully saturated rings. The van der Waals surface area contributed by atoms with E-state index in [1.165, 1.54) is 11.1 Å². The van der Waals surface area contributed by atoms with Crippen LogP contribution in [0.3, 0.4) is 0 Å². The van der Waals surface area contributed by atoms with Crippen LogP contribution in [-0.2, 0) is 12.8 Å². The number of fused-ring (bicyclic) bond motifs is 2. The molecule has 2 aliphatic heterocycles. The fourth-order valence-electron chi connectivity index (χ4n) is 1.89. The molecule has 2 bridgehead atoms. The van der Waals surface area contributed by atoms with Crippen LogP contribution in [0.5, 0.6) is 11.5 Å². The van der Waals surface area contributed by atoms with Crippen molar-refractivity contribution >= 4 is 0 Å². The van der Waals surface area contributed by atoms with Crippen molar-refractivity contribution in [1.82, 2.24) is 0 Å². The fraction of sp³-hybridized carbons (Fsp3) is 0.143. The van der Waals surface area contributed by atoms with Gasteiger partial charge in [-0.2, -0.15) is 0 Å². The molecule has 74 valence electrons. The molecule has 1 heteroatoms. The third kappa shape index (κ3) is 1.61. The predicted molar refractivity (Wildman–Crippen MR) is 60.4 cm³/mol. The molecule has 2 aromatic carbocycles.